The monoisotopic (exact) mass is 373 g/mol. The van der Waals surface area contributed by atoms with Gasteiger partial charge < -0.3 is 10.6 Å². The first-order valence-corrected chi connectivity index (χ1v) is 10.4. The summed E-state index contributed by atoms with van der Waals surface area (Å²) in [4.78, 5) is 12.4. The predicted molar refractivity (Wildman–Crippen MR) is 104 cm³/mol. The quantitative estimate of drug-likeness (QED) is 0.844. The summed E-state index contributed by atoms with van der Waals surface area (Å²) in [5, 5.41) is 6.21. The lowest BCUT2D eigenvalue weighted by molar-refractivity contribution is -0.120. The van der Waals surface area contributed by atoms with Crippen molar-refractivity contribution in [1.29, 1.82) is 0 Å². The molecule has 0 aliphatic carbocycles. The number of carbonyl (C=O) groups is 1. The molecule has 1 aliphatic heterocycles. The van der Waals surface area contributed by atoms with E-state index in [2.05, 4.69) is 10.6 Å². The van der Waals surface area contributed by atoms with Crippen molar-refractivity contribution in [2.24, 2.45) is 5.92 Å². The summed E-state index contributed by atoms with van der Waals surface area (Å²) < 4.78 is 24.5. The molecule has 7 heteroatoms. The lowest BCUT2D eigenvalue weighted by Crippen LogP contribution is -2.40. The fourth-order valence-corrected chi connectivity index (χ4v) is 3.89. The van der Waals surface area contributed by atoms with E-state index in [0.717, 1.165) is 17.1 Å². The highest BCUT2D eigenvalue weighted by molar-refractivity contribution is 7.88. The average molecular weight is 373 g/mol. The molecule has 1 saturated heterocycles. The molecule has 1 heterocycles. The van der Waals surface area contributed by atoms with Crippen LogP contribution in [0.25, 0.3) is 0 Å². The number of anilines is 3. The van der Waals surface area contributed by atoms with Crippen LogP contribution in [0.3, 0.4) is 0 Å². The molecule has 0 unspecified atom stereocenters. The van der Waals surface area contributed by atoms with Crippen LogP contribution in [0.2, 0.25) is 0 Å². The molecule has 26 heavy (non-hydrogen) atoms. The summed E-state index contributed by atoms with van der Waals surface area (Å²) in [5.41, 5.74) is 2.68. The first-order chi connectivity index (χ1) is 12.4. The molecule has 2 N–H and O–H groups in total. The molecular weight excluding hydrogens is 350 g/mol. The fourth-order valence-electron chi connectivity index (χ4n) is 3.02. The van der Waals surface area contributed by atoms with Crippen LogP contribution in [-0.4, -0.2) is 38.0 Å². The van der Waals surface area contributed by atoms with E-state index in [9.17, 15) is 13.2 Å². The van der Waals surface area contributed by atoms with Gasteiger partial charge >= 0.3 is 0 Å². The Balaban J connectivity index is 1.53. The lowest BCUT2D eigenvalue weighted by Gasteiger charge is -2.29. The minimum absolute atomic E-state index is 0.0538. The zero-order valence-corrected chi connectivity index (χ0v) is 15.5. The van der Waals surface area contributed by atoms with Crippen molar-refractivity contribution in [2.45, 2.75) is 12.8 Å². The fraction of sp³-hybridized carbons (Fsp3) is 0.316. The number of nitrogens with zero attached hydrogens (tertiary/aromatic N) is 1. The van der Waals surface area contributed by atoms with E-state index in [1.54, 1.807) is 0 Å². The largest absolute Gasteiger partial charge is 0.356 e. The molecule has 0 radical (unpaired) electrons. The number of benzene rings is 2. The van der Waals surface area contributed by atoms with Gasteiger partial charge in [-0.2, -0.15) is 0 Å². The van der Waals surface area contributed by atoms with E-state index < -0.39 is 10.0 Å². The molecule has 0 atom stereocenters. The van der Waals surface area contributed by atoms with Crippen molar-refractivity contribution >= 4 is 33.0 Å². The zero-order chi connectivity index (χ0) is 18.6. The van der Waals surface area contributed by atoms with Crippen molar-refractivity contribution in [2.75, 3.05) is 30.0 Å². The molecule has 0 aromatic heterocycles. The Hall–Kier alpha value is -2.38. The third kappa shape index (κ3) is 4.83. The number of hydrogen-bond acceptors (Lipinski definition) is 4. The van der Waals surface area contributed by atoms with Crippen LogP contribution < -0.4 is 10.6 Å². The second-order valence-electron chi connectivity index (χ2n) is 6.49. The summed E-state index contributed by atoms with van der Waals surface area (Å²) in [5.74, 6) is -0.211. The molecule has 2 aromatic rings. The van der Waals surface area contributed by atoms with Crippen molar-refractivity contribution in [1.82, 2.24) is 4.31 Å². The van der Waals surface area contributed by atoms with Crippen LogP contribution in [0.1, 0.15) is 12.8 Å². The third-order valence-corrected chi connectivity index (χ3v) is 5.81. The molecule has 1 fully saturated rings. The highest BCUT2D eigenvalue weighted by atomic mass is 32.2. The Morgan fingerprint density at radius 3 is 2.04 bits per heavy atom. The Morgan fingerprint density at radius 2 is 1.46 bits per heavy atom. The molecule has 0 bridgehead atoms. The van der Waals surface area contributed by atoms with E-state index in [0.29, 0.717) is 25.9 Å². The van der Waals surface area contributed by atoms with Gasteiger partial charge in [-0.15, -0.1) is 0 Å². The average Bonchev–Trinajstić information content (AvgIpc) is 2.63. The predicted octanol–water partition coefficient (Wildman–Crippen LogP) is 3.04. The first-order valence-electron chi connectivity index (χ1n) is 8.60. The number of hydrogen-bond donors (Lipinski definition) is 2. The van der Waals surface area contributed by atoms with Gasteiger partial charge in [0.2, 0.25) is 15.9 Å². The van der Waals surface area contributed by atoms with Crippen LogP contribution >= 0.6 is 0 Å². The van der Waals surface area contributed by atoms with Crippen molar-refractivity contribution in [3.8, 4) is 0 Å². The highest BCUT2D eigenvalue weighted by Gasteiger charge is 2.28. The number of para-hydroxylation sites is 1. The van der Waals surface area contributed by atoms with Gasteiger partial charge in [0.15, 0.2) is 0 Å². The van der Waals surface area contributed by atoms with E-state index >= 15 is 0 Å². The van der Waals surface area contributed by atoms with Gasteiger partial charge in [-0.25, -0.2) is 12.7 Å². The third-order valence-electron chi connectivity index (χ3n) is 4.51. The van der Waals surface area contributed by atoms with E-state index in [-0.39, 0.29) is 11.8 Å². The molecule has 3 rings (SSSR count). The van der Waals surface area contributed by atoms with Crippen LogP contribution in [0.4, 0.5) is 17.1 Å². The summed E-state index contributed by atoms with van der Waals surface area (Å²) in [6.45, 7) is 0.799. The summed E-state index contributed by atoms with van der Waals surface area (Å²) >= 11 is 0. The summed E-state index contributed by atoms with van der Waals surface area (Å²) in [7, 11) is -3.17. The molecule has 0 saturated carbocycles. The second-order valence-corrected chi connectivity index (χ2v) is 8.48. The SMILES string of the molecule is CS(=O)(=O)N1CCC(C(=O)Nc2ccc(Nc3ccccc3)cc2)CC1. The van der Waals surface area contributed by atoms with Crippen LogP contribution in [0, 0.1) is 5.92 Å². The van der Waals surface area contributed by atoms with E-state index in [1.165, 1.54) is 10.6 Å². The minimum atomic E-state index is -3.17. The van der Waals surface area contributed by atoms with Crippen molar-refractivity contribution in [3.05, 3.63) is 54.6 Å². The second kappa shape index (κ2) is 7.88. The van der Waals surface area contributed by atoms with Crippen LogP contribution in [-0.2, 0) is 14.8 Å². The van der Waals surface area contributed by atoms with E-state index in [4.69, 9.17) is 0 Å². The molecule has 1 aliphatic rings. The lowest BCUT2D eigenvalue weighted by atomic mass is 9.97. The van der Waals surface area contributed by atoms with Gasteiger partial charge in [0.25, 0.3) is 0 Å². The smallest absolute Gasteiger partial charge is 0.227 e. The Kier molecular flexibility index (Phi) is 5.58. The van der Waals surface area contributed by atoms with Crippen molar-refractivity contribution in [3.63, 3.8) is 0 Å². The number of piperidine rings is 1. The Bertz CT molecular complexity index is 843. The van der Waals surface area contributed by atoms with E-state index in [1.807, 2.05) is 54.6 Å². The normalized spacial score (nSPS) is 16.2. The number of nitrogens with one attached hydrogen (secondary N) is 2. The zero-order valence-electron chi connectivity index (χ0n) is 14.7. The maximum absolute atomic E-state index is 12.4. The van der Waals surface area contributed by atoms with Gasteiger partial charge in [0.1, 0.15) is 0 Å². The number of rotatable bonds is 5. The van der Waals surface area contributed by atoms with Gasteiger partial charge in [0.05, 0.1) is 6.26 Å². The van der Waals surface area contributed by atoms with Gasteiger partial charge in [-0.3, -0.25) is 4.79 Å². The Labute approximate surface area is 154 Å². The van der Waals surface area contributed by atoms with Gasteiger partial charge in [0, 0.05) is 36.1 Å². The minimum Gasteiger partial charge on any atom is -0.356 e. The van der Waals surface area contributed by atoms with Crippen molar-refractivity contribution < 1.29 is 13.2 Å². The summed E-state index contributed by atoms with van der Waals surface area (Å²) in [6, 6.07) is 17.4. The summed E-state index contributed by atoms with van der Waals surface area (Å²) in [6.07, 6.45) is 2.30. The maximum Gasteiger partial charge on any atom is 0.227 e. The van der Waals surface area contributed by atoms with Gasteiger partial charge in [-0.1, -0.05) is 18.2 Å². The number of sulfonamides is 1. The van der Waals surface area contributed by atoms with Crippen LogP contribution in [0.5, 0.6) is 0 Å². The topological polar surface area (TPSA) is 78.5 Å². The Morgan fingerprint density at radius 1 is 0.923 bits per heavy atom. The number of amides is 1. The van der Waals surface area contributed by atoms with Gasteiger partial charge in [-0.05, 0) is 49.2 Å². The standard InChI is InChI=1S/C19H23N3O3S/c1-26(24,25)22-13-11-15(12-14-22)19(23)21-18-9-7-17(8-10-18)20-16-5-3-2-4-6-16/h2-10,15,20H,11-14H2,1H3,(H,21,23). The number of carbonyl (C=O) groups excluding carboxylic acids is 1. The first kappa shape index (κ1) is 18.4. The molecular formula is C19H23N3O3S. The molecule has 2 aromatic carbocycles. The molecule has 1 amide bonds. The molecule has 138 valence electrons. The molecule has 0 spiro atoms. The van der Waals surface area contributed by atoms with Crippen LogP contribution in [0.15, 0.2) is 54.6 Å². The molecule has 6 nitrogen and oxygen atoms in total. The highest BCUT2D eigenvalue weighted by Crippen LogP contribution is 2.22. The maximum atomic E-state index is 12.4.